The number of thiophene rings is 1. The molecule has 5 rings (SSSR count). The Labute approximate surface area is 232 Å². The van der Waals surface area contributed by atoms with Crippen LogP contribution in [-0.2, 0) is 10.1 Å². The molecule has 9 heteroatoms. The molecular weight excluding hydrogens is 534 g/mol. The van der Waals surface area contributed by atoms with Crippen molar-refractivity contribution in [2.75, 3.05) is 18.8 Å². The van der Waals surface area contributed by atoms with E-state index in [4.69, 9.17) is 9.02 Å². The minimum atomic E-state index is -3.66. The van der Waals surface area contributed by atoms with Gasteiger partial charge in [0.15, 0.2) is 5.78 Å². The van der Waals surface area contributed by atoms with Gasteiger partial charge in [0.1, 0.15) is 17.2 Å². The Kier molecular flexibility index (Phi) is 8.20. The molecule has 0 bridgehead atoms. The molecule has 4 aromatic rings. The first kappa shape index (κ1) is 27.2. The number of rotatable bonds is 10. The maximum absolute atomic E-state index is 13.8. The van der Waals surface area contributed by atoms with Crippen molar-refractivity contribution in [1.82, 2.24) is 5.06 Å². The van der Waals surface area contributed by atoms with Gasteiger partial charge in [-0.05, 0) is 91.6 Å². The van der Waals surface area contributed by atoms with E-state index >= 15 is 0 Å². The Morgan fingerprint density at radius 2 is 1.64 bits per heavy atom. The molecule has 0 spiro atoms. The quantitative estimate of drug-likeness (QED) is 0.167. The van der Waals surface area contributed by atoms with E-state index in [9.17, 15) is 18.3 Å². The fourth-order valence-electron chi connectivity index (χ4n) is 4.60. The lowest BCUT2D eigenvalue weighted by atomic mass is 9.97. The number of piperidine rings is 1. The molecule has 0 aliphatic carbocycles. The van der Waals surface area contributed by atoms with E-state index in [-0.39, 0.29) is 23.0 Å². The number of carbonyl (C=O) groups excluding carboxylic acids is 1. The van der Waals surface area contributed by atoms with E-state index in [0.717, 1.165) is 52.9 Å². The highest BCUT2D eigenvalue weighted by Gasteiger charge is 2.23. The summed E-state index contributed by atoms with van der Waals surface area (Å²) in [5.74, 6) is 0.860. The molecule has 3 aromatic carbocycles. The molecule has 0 saturated carbocycles. The lowest BCUT2D eigenvalue weighted by molar-refractivity contribution is -0.0720. The molecule has 1 fully saturated rings. The first-order valence-corrected chi connectivity index (χ1v) is 15.6. The van der Waals surface area contributed by atoms with Crippen LogP contribution in [0.1, 0.15) is 54.9 Å². The normalized spacial score (nSPS) is 14.4. The monoisotopic (exact) mass is 565 g/mol. The van der Waals surface area contributed by atoms with E-state index < -0.39 is 10.1 Å². The average Bonchev–Trinajstić information content (AvgIpc) is 3.31. The number of hydrogen-bond acceptors (Lipinski definition) is 8. The maximum Gasteiger partial charge on any atom is 0.309 e. The Morgan fingerprint density at radius 1 is 0.949 bits per heavy atom. The topological polar surface area (TPSA) is 93.1 Å². The van der Waals surface area contributed by atoms with Crippen molar-refractivity contribution in [3.05, 3.63) is 77.9 Å². The van der Waals surface area contributed by atoms with Gasteiger partial charge in [-0.1, -0.05) is 19.8 Å². The Bertz CT molecular complexity index is 1550. The fraction of sp³-hybridized carbons (Fsp3) is 0.300. The molecule has 2 heterocycles. The number of phenolic OH excluding ortho intramolecular Hbond substituents is 1. The third kappa shape index (κ3) is 6.43. The van der Waals surface area contributed by atoms with Crippen LogP contribution in [0.2, 0.25) is 0 Å². The van der Waals surface area contributed by atoms with Gasteiger partial charge < -0.3 is 14.1 Å². The van der Waals surface area contributed by atoms with Gasteiger partial charge in [0.05, 0.1) is 5.75 Å². The molecule has 1 saturated heterocycles. The molecule has 0 unspecified atom stereocenters. The highest BCUT2D eigenvalue weighted by atomic mass is 32.2. The predicted octanol–water partition coefficient (Wildman–Crippen LogP) is 6.79. The molecule has 0 amide bonds. The zero-order valence-corrected chi connectivity index (χ0v) is 23.4. The number of benzene rings is 3. The summed E-state index contributed by atoms with van der Waals surface area (Å²) < 4.78 is 30.4. The van der Waals surface area contributed by atoms with E-state index in [0.29, 0.717) is 23.3 Å². The second-order valence-corrected chi connectivity index (χ2v) is 12.4. The molecule has 1 aromatic heterocycles. The Morgan fingerprint density at radius 3 is 2.33 bits per heavy atom. The van der Waals surface area contributed by atoms with Crippen molar-refractivity contribution in [2.45, 2.75) is 39.0 Å². The summed E-state index contributed by atoms with van der Waals surface area (Å²) in [6.45, 7) is 3.71. The number of carbonyl (C=O) groups is 1. The van der Waals surface area contributed by atoms with E-state index in [1.165, 1.54) is 17.8 Å². The number of hydrogen-bond donors (Lipinski definition) is 1. The van der Waals surface area contributed by atoms with Gasteiger partial charge >= 0.3 is 10.1 Å². The Hall–Kier alpha value is -3.40. The molecule has 0 radical (unpaired) electrons. The highest BCUT2D eigenvalue weighted by molar-refractivity contribution is 7.87. The SMILES string of the molecule is CCCCS(=O)(=O)Oc1ccc(-c2sc3cc(O)ccc3c2C(=O)c2ccc(ON3CCCCC3)cc2)cc1. The number of unbranched alkanes of at least 4 members (excludes halogenated alkanes) is 1. The molecule has 39 heavy (non-hydrogen) atoms. The maximum atomic E-state index is 13.8. The summed E-state index contributed by atoms with van der Waals surface area (Å²) in [6, 6.07) is 18.8. The molecule has 204 valence electrons. The van der Waals surface area contributed by atoms with Gasteiger partial charge in [-0.3, -0.25) is 4.79 Å². The van der Waals surface area contributed by atoms with Crippen molar-refractivity contribution in [3.8, 4) is 27.7 Å². The molecule has 1 N–H and O–H groups in total. The lowest BCUT2D eigenvalue weighted by Gasteiger charge is -2.26. The molecule has 1 aliphatic heterocycles. The number of ketones is 1. The van der Waals surface area contributed by atoms with Crippen LogP contribution in [0.3, 0.4) is 0 Å². The second kappa shape index (κ2) is 11.8. The minimum Gasteiger partial charge on any atom is -0.508 e. The van der Waals surface area contributed by atoms with Crippen molar-refractivity contribution in [3.63, 3.8) is 0 Å². The van der Waals surface area contributed by atoms with Crippen LogP contribution < -0.4 is 9.02 Å². The summed E-state index contributed by atoms with van der Waals surface area (Å²) in [6.07, 6.45) is 4.74. The first-order chi connectivity index (χ1) is 18.8. The van der Waals surface area contributed by atoms with Gasteiger partial charge in [0, 0.05) is 39.2 Å². The number of aromatic hydroxyl groups is 1. The molecular formula is C30H31NO6S2. The number of nitrogens with zero attached hydrogens (tertiary/aromatic N) is 1. The van der Waals surface area contributed by atoms with Crippen LogP contribution in [0.5, 0.6) is 17.2 Å². The predicted molar refractivity (Wildman–Crippen MR) is 154 cm³/mol. The number of phenols is 1. The minimum absolute atomic E-state index is 0.0361. The lowest BCUT2D eigenvalue weighted by Crippen LogP contribution is -2.32. The number of fused-ring (bicyclic) bond motifs is 1. The van der Waals surface area contributed by atoms with Crippen LogP contribution in [0.4, 0.5) is 0 Å². The van der Waals surface area contributed by atoms with Crippen molar-refractivity contribution in [2.24, 2.45) is 0 Å². The van der Waals surface area contributed by atoms with E-state index in [2.05, 4.69) is 0 Å². The van der Waals surface area contributed by atoms with E-state index in [1.807, 2.05) is 24.1 Å². The fourth-order valence-corrected chi connectivity index (χ4v) is 6.97. The van der Waals surface area contributed by atoms with Gasteiger partial charge in [-0.15, -0.1) is 16.4 Å². The summed E-state index contributed by atoms with van der Waals surface area (Å²) in [4.78, 5) is 20.5. The van der Waals surface area contributed by atoms with Gasteiger partial charge in [-0.25, -0.2) is 0 Å². The van der Waals surface area contributed by atoms with Crippen molar-refractivity contribution in [1.29, 1.82) is 0 Å². The zero-order chi connectivity index (χ0) is 27.4. The first-order valence-electron chi connectivity index (χ1n) is 13.2. The van der Waals surface area contributed by atoms with Crippen LogP contribution in [0.15, 0.2) is 66.7 Å². The molecule has 7 nitrogen and oxygen atoms in total. The van der Waals surface area contributed by atoms with Crippen LogP contribution >= 0.6 is 11.3 Å². The molecule has 1 aliphatic rings. The van der Waals surface area contributed by atoms with Crippen LogP contribution in [0.25, 0.3) is 20.5 Å². The van der Waals surface area contributed by atoms with Gasteiger partial charge in [0.25, 0.3) is 0 Å². The van der Waals surface area contributed by atoms with Gasteiger partial charge in [0.2, 0.25) is 0 Å². The standard InChI is InChI=1S/C30H31NO6S2/c1-2-3-19-39(34,35)37-25-14-9-22(10-15-25)30-28(26-16-11-23(32)20-27(26)38-30)29(33)21-7-12-24(13-8-21)36-31-17-5-4-6-18-31/h7-16,20,32H,2-6,17-19H2,1H3. The second-order valence-electron chi connectivity index (χ2n) is 9.64. The van der Waals surface area contributed by atoms with E-state index in [1.54, 1.807) is 54.6 Å². The largest absolute Gasteiger partial charge is 0.508 e. The third-order valence-corrected chi connectivity index (χ3v) is 9.09. The van der Waals surface area contributed by atoms with Crippen molar-refractivity contribution >= 4 is 37.3 Å². The smallest absolute Gasteiger partial charge is 0.309 e. The summed E-state index contributed by atoms with van der Waals surface area (Å²) in [5, 5.41) is 12.8. The molecule has 0 atom stereocenters. The summed E-state index contributed by atoms with van der Waals surface area (Å²) in [5.41, 5.74) is 1.81. The third-order valence-electron chi connectivity index (χ3n) is 6.65. The average molecular weight is 566 g/mol. The number of hydroxylamine groups is 2. The Balaban J connectivity index is 1.44. The van der Waals surface area contributed by atoms with Crippen LogP contribution in [-0.4, -0.2) is 43.2 Å². The van der Waals surface area contributed by atoms with Crippen molar-refractivity contribution < 1.29 is 27.3 Å². The summed E-state index contributed by atoms with van der Waals surface area (Å²) >= 11 is 1.40. The highest BCUT2D eigenvalue weighted by Crippen LogP contribution is 2.41. The summed E-state index contributed by atoms with van der Waals surface area (Å²) in [7, 11) is -3.66. The van der Waals surface area contributed by atoms with Crippen LogP contribution in [0, 0.1) is 0 Å². The van der Waals surface area contributed by atoms with Gasteiger partial charge in [-0.2, -0.15) is 8.42 Å². The zero-order valence-electron chi connectivity index (χ0n) is 21.8.